The predicted octanol–water partition coefficient (Wildman–Crippen LogP) is 2.90. The van der Waals surface area contributed by atoms with Crippen LogP contribution in [0.15, 0.2) is 5.38 Å². The minimum absolute atomic E-state index is 0. The van der Waals surface area contributed by atoms with Crippen molar-refractivity contribution in [3.63, 3.8) is 0 Å². The highest BCUT2D eigenvalue weighted by molar-refractivity contribution is 7.14. The third-order valence-electron chi connectivity index (χ3n) is 3.14. The van der Waals surface area contributed by atoms with E-state index in [0.29, 0.717) is 16.5 Å². The molecule has 1 aromatic rings. The largest absolute Gasteiger partial charge is 0.390 e. The first-order valence-corrected chi connectivity index (χ1v) is 6.24. The van der Waals surface area contributed by atoms with Crippen molar-refractivity contribution in [2.45, 2.75) is 38.0 Å². The van der Waals surface area contributed by atoms with Crippen LogP contribution in [0.5, 0.6) is 0 Å². The Bertz CT molecular complexity index is 372. The van der Waals surface area contributed by atoms with E-state index in [-0.39, 0.29) is 18.3 Å². The molecule has 0 bridgehead atoms. The number of hydrogen-bond acceptors (Lipinski definition) is 3. The molecule has 1 aliphatic rings. The summed E-state index contributed by atoms with van der Waals surface area (Å²) >= 11 is 1.43. The minimum Gasteiger partial charge on any atom is -0.390 e. The zero-order valence-corrected chi connectivity index (χ0v) is 10.7. The topological polar surface area (TPSA) is 69.1 Å². The number of nitrogen functional groups attached to an aromatic ring is 1. The lowest BCUT2D eigenvalue weighted by Crippen LogP contribution is -2.16. The summed E-state index contributed by atoms with van der Waals surface area (Å²) in [6, 6.07) is 0. The molecule has 0 aliphatic heterocycles. The van der Waals surface area contributed by atoms with Crippen molar-refractivity contribution in [2.24, 2.45) is 5.73 Å². The van der Waals surface area contributed by atoms with Crippen molar-refractivity contribution in [1.82, 2.24) is 0 Å². The van der Waals surface area contributed by atoms with Crippen molar-refractivity contribution in [2.75, 3.05) is 5.73 Å². The Labute approximate surface area is 106 Å². The van der Waals surface area contributed by atoms with Gasteiger partial charge in [0.2, 0.25) is 0 Å². The summed E-state index contributed by atoms with van der Waals surface area (Å²) in [4.78, 5) is 11.3. The van der Waals surface area contributed by atoms with Crippen LogP contribution in [0, 0.1) is 0 Å². The van der Waals surface area contributed by atoms with Crippen molar-refractivity contribution in [3.05, 3.63) is 16.5 Å². The lowest BCUT2D eigenvalue weighted by atomic mass is 9.83. The Hall–Kier alpha value is -0.740. The van der Waals surface area contributed by atoms with Crippen molar-refractivity contribution in [1.29, 1.82) is 0 Å². The quantitative estimate of drug-likeness (QED) is 0.858. The number of carbonyl (C=O) groups excluding carboxylic acids is 1. The van der Waals surface area contributed by atoms with Crippen molar-refractivity contribution >= 4 is 34.7 Å². The van der Waals surface area contributed by atoms with Gasteiger partial charge in [0, 0.05) is 0 Å². The van der Waals surface area contributed by atoms with Crippen LogP contribution < -0.4 is 11.5 Å². The van der Waals surface area contributed by atoms with Crippen LogP contribution in [0.3, 0.4) is 0 Å². The van der Waals surface area contributed by atoms with E-state index in [0.717, 1.165) is 18.4 Å². The lowest BCUT2D eigenvalue weighted by Gasteiger charge is -2.21. The molecule has 1 heterocycles. The van der Waals surface area contributed by atoms with Gasteiger partial charge in [0.1, 0.15) is 0 Å². The number of thiophene rings is 1. The van der Waals surface area contributed by atoms with Crippen LogP contribution in [-0.4, -0.2) is 5.91 Å². The average Bonchev–Trinajstić information content (AvgIpc) is 2.61. The van der Waals surface area contributed by atoms with E-state index in [1.54, 1.807) is 0 Å². The van der Waals surface area contributed by atoms with Gasteiger partial charge in [-0.2, -0.15) is 0 Å². The first kappa shape index (κ1) is 13.3. The number of anilines is 1. The molecular weight excluding hydrogens is 244 g/mol. The number of halogens is 1. The zero-order chi connectivity index (χ0) is 10.8. The minimum atomic E-state index is -0.380. The first-order valence-electron chi connectivity index (χ1n) is 5.37. The molecule has 0 radical (unpaired) electrons. The molecule has 0 atom stereocenters. The van der Waals surface area contributed by atoms with Gasteiger partial charge in [0.25, 0.3) is 5.91 Å². The second-order valence-corrected chi connectivity index (χ2v) is 5.04. The Balaban J connectivity index is 0.00000128. The molecule has 1 amide bonds. The summed E-state index contributed by atoms with van der Waals surface area (Å²) in [5, 5.41) is 2.58. The number of amides is 1. The normalized spacial score (nSPS) is 16.8. The highest BCUT2D eigenvalue weighted by Gasteiger charge is 2.23. The molecule has 5 heteroatoms. The Morgan fingerprint density at radius 2 is 1.94 bits per heavy atom. The molecule has 1 aromatic heterocycles. The molecule has 0 aromatic carbocycles. The second kappa shape index (κ2) is 5.55. The number of primary amides is 1. The van der Waals surface area contributed by atoms with Gasteiger partial charge in [-0.25, -0.2) is 0 Å². The van der Waals surface area contributed by atoms with Gasteiger partial charge >= 0.3 is 0 Å². The molecule has 16 heavy (non-hydrogen) atoms. The number of carbonyl (C=O) groups is 1. The molecule has 4 N–H and O–H groups in total. The maximum absolute atomic E-state index is 11.3. The Morgan fingerprint density at radius 1 is 1.31 bits per heavy atom. The highest BCUT2D eigenvalue weighted by Crippen LogP contribution is 2.38. The zero-order valence-electron chi connectivity index (χ0n) is 9.07. The summed E-state index contributed by atoms with van der Waals surface area (Å²) in [5.41, 5.74) is 12.8. The second-order valence-electron chi connectivity index (χ2n) is 4.13. The third-order valence-corrected chi connectivity index (χ3v) is 3.97. The molecular formula is C11H17ClN2OS. The standard InChI is InChI=1S/C11H16N2OS.ClH/c12-10(14)9-8(6-15-11(9)13)7-4-2-1-3-5-7;/h6-7H,1-5,13H2,(H2,12,14);1H. The van der Waals surface area contributed by atoms with E-state index in [1.807, 2.05) is 5.38 Å². The van der Waals surface area contributed by atoms with Crippen molar-refractivity contribution in [3.8, 4) is 0 Å². The highest BCUT2D eigenvalue weighted by atomic mass is 35.5. The number of hydrogen-bond donors (Lipinski definition) is 2. The Kier molecular flexibility index (Phi) is 4.62. The summed E-state index contributed by atoms with van der Waals surface area (Å²) in [5.74, 6) is 0.115. The summed E-state index contributed by atoms with van der Waals surface area (Å²) in [6.45, 7) is 0. The molecule has 2 rings (SSSR count). The molecule has 1 saturated carbocycles. The van der Waals surface area contributed by atoms with E-state index < -0.39 is 0 Å². The predicted molar refractivity (Wildman–Crippen MR) is 70.3 cm³/mol. The van der Waals surface area contributed by atoms with Gasteiger partial charge in [-0.05, 0) is 29.7 Å². The maximum atomic E-state index is 11.3. The fourth-order valence-corrected chi connectivity index (χ4v) is 3.27. The molecule has 0 saturated heterocycles. The van der Waals surface area contributed by atoms with Gasteiger partial charge < -0.3 is 11.5 Å². The van der Waals surface area contributed by atoms with Crippen LogP contribution >= 0.6 is 23.7 Å². The monoisotopic (exact) mass is 260 g/mol. The first-order chi connectivity index (χ1) is 7.20. The van der Waals surface area contributed by atoms with E-state index in [9.17, 15) is 4.79 Å². The fraction of sp³-hybridized carbons (Fsp3) is 0.545. The maximum Gasteiger partial charge on any atom is 0.251 e. The van der Waals surface area contributed by atoms with E-state index in [1.165, 1.54) is 30.6 Å². The molecule has 0 unspecified atom stereocenters. The van der Waals surface area contributed by atoms with E-state index >= 15 is 0 Å². The van der Waals surface area contributed by atoms with Gasteiger partial charge in [-0.15, -0.1) is 23.7 Å². The number of nitrogens with two attached hydrogens (primary N) is 2. The molecule has 1 fully saturated rings. The third kappa shape index (κ3) is 2.50. The molecule has 0 spiro atoms. The average molecular weight is 261 g/mol. The summed E-state index contributed by atoms with van der Waals surface area (Å²) in [7, 11) is 0. The summed E-state index contributed by atoms with van der Waals surface area (Å²) < 4.78 is 0. The van der Waals surface area contributed by atoms with Crippen LogP contribution in [0.2, 0.25) is 0 Å². The number of rotatable bonds is 2. The van der Waals surface area contributed by atoms with Gasteiger partial charge in [-0.3, -0.25) is 4.79 Å². The van der Waals surface area contributed by atoms with Gasteiger partial charge in [0.15, 0.2) is 0 Å². The fourth-order valence-electron chi connectivity index (χ4n) is 2.36. The summed E-state index contributed by atoms with van der Waals surface area (Å²) in [6.07, 6.45) is 6.13. The van der Waals surface area contributed by atoms with E-state index in [2.05, 4.69) is 0 Å². The van der Waals surface area contributed by atoms with Crippen LogP contribution in [-0.2, 0) is 0 Å². The SMILES string of the molecule is Cl.NC(=O)c1c(C2CCCCC2)csc1N. The van der Waals surface area contributed by atoms with Gasteiger partial charge in [0.05, 0.1) is 10.6 Å². The molecule has 90 valence electrons. The molecule has 3 nitrogen and oxygen atoms in total. The van der Waals surface area contributed by atoms with Crippen LogP contribution in [0.4, 0.5) is 5.00 Å². The van der Waals surface area contributed by atoms with Gasteiger partial charge in [-0.1, -0.05) is 19.3 Å². The van der Waals surface area contributed by atoms with Crippen LogP contribution in [0.25, 0.3) is 0 Å². The lowest BCUT2D eigenvalue weighted by molar-refractivity contribution is 0.1000. The molecule has 1 aliphatic carbocycles. The van der Waals surface area contributed by atoms with E-state index in [4.69, 9.17) is 11.5 Å². The Morgan fingerprint density at radius 3 is 2.50 bits per heavy atom. The smallest absolute Gasteiger partial charge is 0.251 e. The van der Waals surface area contributed by atoms with Crippen LogP contribution in [0.1, 0.15) is 53.9 Å². The van der Waals surface area contributed by atoms with Crippen molar-refractivity contribution < 1.29 is 4.79 Å².